The van der Waals surface area contributed by atoms with E-state index in [9.17, 15) is 14.4 Å². The van der Waals surface area contributed by atoms with Crippen LogP contribution in [0.2, 0.25) is 0 Å². The molecular formula is C17H22N2O4. The van der Waals surface area contributed by atoms with Gasteiger partial charge < -0.3 is 15.7 Å². The first-order valence-electron chi connectivity index (χ1n) is 7.79. The van der Waals surface area contributed by atoms with Crippen LogP contribution < -0.4 is 5.73 Å². The van der Waals surface area contributed by atoms with Gasteiger partial charge in [-0.05, 0) is 43.9 Å². The van der Waals surface area contributed by atoms with Crippen LogP contribution in [0.4, 0.5) is 0 Å². The van der Waals surface area contributed by atoms with Crippen LogP contribution in [0.3, 0.4) is 0 Å². The van der Waals surface area contributed by atoms with Gasteiger partial charge in [0.1, 0.15) is 0 Å². The third-order valence-electron chi connectivity index (χ3n) is 4.43. The molecule has 6 heteroatoms. The molecule has 1 heterocycles. The average molecular weight is 318 g/mol. The molecule has 0 spiro atoms. The predicted octanol–water partition coefficient (Wildman–Crippen LogP) is 1.43. The second-order valence-electron chi connectivity index (χ2n) is 6.07. The molecule has 23 heavy (non-hydrogen) atoms. The minimum atomic E-state index is -0.965. The molecule has 1 fully saturated rings. The molecule has 3 N–H and O–H groups in total. The number of amides is 2. The van der Waals surface area contributed by atoms with Crippen LogP contribution in [0.25, 0.3) is 0 Å². The van der Waals surface area contributed by atoms with Crippen molar-refractivity contribution in [1.29, 1.82) is 0 Å². The number of aromatic carboxylic acids is 1. The van der Waals surface area contributed by atoms with Gasteiger partial charge in [0, 0.05) is 19.0 Å². The summed E-state index contributed by atoms with van der Waals surface area (Å²) in [5.41, 5.74) is 6.50. The van der Waals surface area contributed by atoms with Gasteiger partial charge in [-0.15, -0.1) is 0 Å². The highest BCUT2D eigenvalue weighted by Gasteiger charge is 2.31. The normalized spacial score (nSPS) is 21.0. The van der Waals surface area contributed by atoms with Crippen LogP contribution >= 0.6 is 0 Å². The lowest BCUT2D eigenvalue weighted by Crippen LogP contribution is -2.48. The topological polar surface area (TPSA) is 101 Å². The van der Waals surface area contributed by atoms with Crippen molar-refractivity contribution in [3.05, 3.63) is 35.4 Å². The van der Waals surface area contributed by atoms with Crippen LogP contribution in [0.1, 0.15) is 42.1 Å². The van der Waals surface area contributed by atoms with Crippen LogP contribution in [0.15, 0.2) is 24.3 Å². The van der Waals surface area contributed by atoms with Crippen LogP contribution in [-0.2, 0) is 16.0 Å². The first-order valence-corrected chi connectivity index (χ1v) is 7.79. The summed E-state index contributed by atoms with van der Waals surface area (Å²) < 4.78 is 0. The smallest absolute Gasteiger partial charge is 0.335 e. The number of hydrogen-bond acceptors (Lipinski definition) is 3. The number of likely N-dealkylation sites (tertiary alicyclic amines) is 1. The van der Waals surface area contributed by atoms with Gasteiger partial charge in [0.15, 0.2) is 0 Å². The van der Waals surface area contributed by atoms with Gasteiger partial charge >= 0.3 is 5.97 Å². The number of carboxylic acid groups (broad SMARTS) is 1. The Kier molecular flexibility index (Phi) is 5.36. The Bertz CT molecular complexity index is 597. The standard InChI is InChI=1S/C17H22N2O4/c1-11-2-6-14(16(18)21)10-19(11)15(20)9-5-12-3-7-13(8-4-12)17(22)23/h3-4,7-8,11,14H,2,5-6,9-10H2,1H3,(H2,18,21)(H,22,23). The van der Waals surface area contributed by atoms with Gasteiger partial charge in [-0.2, -0.15) is 0 Å². The van der Waals surface area contributed by atoms with Gasteiger partial charge in [-0.1, -0.05) is 12.1 Å². The maximum Gasteiger partial charge on any atom is 0.335 e. The summed E-state index contributed by atoms with van der Waals surface area (Å²) in [6.07, 6.45) is 2.40. The monoisotopic (exact) mass is 318 g/mol. The summed E-state index contributed by atoms with van der Waals surface area (Å²) in [6.45, 7) is 2.38. The SMILES string of the molecule is CC1CCC(C(N)=O)CN1C(=O)CCc1ccc(C(=O)O)cc1. The van der Waals surface area contributed by atoms with Gasteiger partial charge in [0.25, 0.3) is 0 Å². The Hall–Kier alpha value is -2.37. The maximum atomic E-state index is 12.4. The van der Waals surface area contributed by atoms with Crippen molar-refractivity contribution in [3.63, 3.8) is 0 Å². The Morgan fingerprint density at radius 3 is 2.43 bits per heavy atom. The van der Waals surface area contributed by atoms with Crippen molar-refractivity contribution in [2.45, 2.75) is 38.6 Å². The van der Waals surface area contributed by atoms with E-state index in [2.05, 4.69) is 0 Å². The quantitative estimate of drug-likeness (QED) is 0.857. The second-order valence-corrected chi connectivity index (χ2v) is 6.07. The highest BCUT2D eigenvalue weighted by atomic mass is 16.4. The molecule has 1 aromatic carbocycles. The molecule has 124 valence electrons. The molecule has 0 bridgehead atoms. The van der Waals surface area contributed by atoms with Crippen molar-refractivity contribution < 1.29 is 19.5 Å². The molecule has 1 aliphatic heterocycles. The highest BCUT2D eigenvalue weighted by Crippen LogP contribution is 2.22. The minimum absolute atomic E-state index is 0.00533. The number of hydrogen-bond donors (Lipinski definition) is 2. The lowest BCUT2D eigenvalue weighted by molar-refractivity contribution is -0.137. The number of carbonyl (C=O) groups is 3. The van der Waals surface area contributed by atoms with Gasteiger partial charge in [0.05, 0.1) is 11.5 Å². The van der Waals surface area contributed by atoms with E-state index in [1.807, 2.05) is 6.92 Å². The summed E-state index contributed by atoms with van der Waals surface area (Å²) in [7, 11) is 0. The molecule has 0 saturated carbocycles. The first kappa shape index (κ1) is 17.0. The van der Waals surface area contributed by atoms with E-state index in [0.717, 1.165) is 18.4 Å². The van der Waals surface area contributed by atoms with Crippen molar-refractivity contribution in [1.82, 2.24) is 4.90 Å². The number of carbonyl (C=O) groups excluding carboxylic acids is 2. The van der Waals surface area contributed by atoms with E-state index < -0.39 is 5.97 Å². The number of nitrogens with two attached hydrogens (primary N) is 1. The molecule has 1 aromatic rings. The van der Waals surface area contributed by atoms with Crippen molar-refractivity contribution in [2.24, 2.45) is 11.7 Å². The zero-order chi connectivity index (χ0) is 17.0. The fourth-order valence-electron chi connectivity index (χ4n) is 2.90. The third kappa shape index (κ3) is 4.31. The number of carboxylic acids is 1. The minimum Gasteiger partial charge on any atom is -0.478 e. The summed E-state index contributed by atoms with van der Waals surface area (Å²) in [6, 6.07) is 6.64. The zero-order valence-electron chi connectivity index (χ0n) is 13.2. The van der Waals surface area contributed by atoms with Gasteiger partial charge in [-0.3, -0.25) is 9.59 Å². The number of primary amides is 1. The van der Waals surface area contributed by atoms with E-state index in [4.69, 9.17) is 10.8 Å². The van der Waals surface area contributed by atoms with Crippen LogP contribution in [0, 0.1) is 5.92 Å². The Balaban J connectivity index is 1.92. The van der Waals surface area contributed by atoms with E-state index in [1.54, 1.807) is 17.0 Å². The number of piperidine rings is 1. The Labute approximate surface area is 135 Å². The maximum absolute atomic E-state index is 12.4. The molecule has 2 atom stereocenters. The van der Waals surface area contributed by atoms with E-state index in [1.165, 1.54) is 12.1 Å². The Morgan fingerprint density at radius 1 is 1.22 bits per heavy atom. The van der Waals surface area contributed by atoms with Gasteiger partial charge in [0.2, 0.25) is 11.8 Å². The molecule has 2 amide bonds. The van der Waals surface area contributed by atoms with Crippen molar-refractivity contribution in [2.75, 3.05) is 6.54 Å². The van der Waals surface area contributed by atoms with Crippen molar-refractivity contribution in [3.8, 4) is 0 Å². The predicted molar refractivity (Wildman–Crippen MR) is 84.8 cm³/mol. The molecule has 2 unspecified atom stereocenters. The number of nitrogens with zero attached hydrogens (tertiary/aromatic N) is 1. The Morgan fingerprint density at radius 2 is 1.87 bits per heavy atom. The lowest BCUT2D eigenvalue weighted by Gasteiger charge is -2.37. The number of benzene rings is 1. The summed E-state index contributed by atoms with van der Waals surface area (Å²) in [4.78, 5) is 36.3. The molecule has 0 aliphatic carbocycles. The second kappa shape index (κ2) is 7.26. The first-order chi connectivity index (χ1) is 10.9. The van der Waals surface area contributed by atoms with E-state index in [-0.39, 0.29) is 29.3 Å². The third-order valence-corrected chi connectivity index (χ3v) is 4.43. The molecule has 1 saturated heterocycles. The molecular weight excluding hydrogens is 296 g/mol. The largest absolute Gasteiger partial charge is 0.478 e. The summed E-state index contributed by atoms with van der Waals surface area (Å²) in [5, 5.41) is 8.86. The highest BCUT2D eigenvalue weighted by molar-refractivity contribution is 5.87. The molecule has 2 rings (SSSR count). The molecule has 0 aromatic heterocycles. The molecule has 0 radical (unpaired) electrons. The van der Waals surface area contributed by atoms with Gasteiger partial charge in [-0.25, -0.2) is 4.79 Å². The average Bonchev–Trinajstić information content (AvgIpc) is 2.53. The van der Waals surface area contributed by atoms with E-state index >= 15 is 0 Å². The number of aryl methyl sites for hydroxylation is 1. The summed E-state index contributed by atoms with van der Waals surface area (Å²) in [5.74, 6) is -1.57. The fourth-order valence-corrected chi connectivity index (χ4v) is 2.90. The summed E-state index contributed by atoms with van der Waals surface area (Å²) >= 11 is 0. The van der Waals surface area contributed by atoms with Crippen molar-refractivity contribution >= 4 is 17.8 Å². The molecule has 6 nitrogen and oxygen atoms in total. The molecule has 1 aliphatic rings. The van der Waals surface area contributed by atoms with E-state index in [0.29, 0.717) is 19.4 Å². The fraction of sp³-hybridized carbons (Fsp3) is 0.471. The van der Waals surface area contributed by atoms with Crippen LogP contribution in [0.5, 0.6) is 0 Å². The number of rotatable bonds is 5. The van der Waals surface area contributed by atoms with Crippen LogP contribution in [-0.4, -0.2) is 40.4 Å². The zero-order valence-corrected chi connectivity index (χ0v) is 13.2. The lowest BCUT2D eigenvalue weighted by atomic mass is 9.92.